The third-order valence-electron chi connectivity index (χ3n) is 7.10. The van der Waals surface area contributed by atoms with E-state index in [0.717, 1.165) is 40.0 Å². The highest BCUT2D eigenvalue weighted by Gasteiger charge is 2.43. The molecule has 2 atom stereocenters. The number of thiocarbonyl (C=S) groups is 1. The molecule has 1 saturated heterocycles. The number of benzene rings is 2. The van der Waals surface area contributed by atoms with Crippen molar-refractivity contribution in [3.05, 3.63) is 100 Å². The van der Waals surface area contributed by atoms with Crippen LogP contribution in [0.3, 0.4) is 0 Å². The van der Waals surface area contributed by atoms with Gasteiger partial charge >= 0.3 is 0 Å². The summed E-state index contributed by atoms with van der Waals surface area (Å²) in [4.78, 5) is 6.87. The van der Waals surface area contributed by atoms with Crippen molar-refractivity contribution in [2.45, 2.75) is 32.9 Å². The number of aromatic nitrogens is 2. The lowest BCUT2D eigenvalue weighted by Crippen LogP contribution is -2.29. The molecule has 0 aliphatic carbocycles. The number of nitrogens with one attached hydrogen (secondary N) is 1. The molecule has 182 valence electrons. The predicted octanol–water partition coefficient (Wildman–Crippen LogP) is 6.36. The van der Waals surface area contributed by atoms with Gasteiger partial charge in [0.2, 0.25) is 6.79 Å². The minimum atomic E-state index is -0.142. The third-order valence-corrected chi connectivity index (χ3v) is 7.65. The summed E-state index contributed by atoms with van der Waals surface area (Å²) in [5.74, 6) is 1.46. The van der Waals surface area contributed by atoms with Crippen LogP contribution in [0.1, 0.15) is 40.3 Å². The highest BCUT2D eigenvalue weighted by atomic mass is 35.5. The fourth-order valence-corrected chi connectivity index (χ4v) is 5.94. The van der Waals surface area contributed by atoms with Gasteiger partial charge in [0.05, 0.1) is 17.8 Å². The Balaban J connectivity index is 1.55. The summed E-state index contributed by atoms with van der Waals surface area (Å²) in [7, 11) is 0. The molecule has 4 heterocycles. The molecule has 6 rings (SSSR count). The molecule has 2 aromatic heterocycles. The molecule has 0 radical (unpaired) electrons. The lowest BCUT2D eigenvalue weighted by molar-refractivity contribution is 0.174. The Bertz CT molecular complexity index is 1490. The van der Waals surface area contributed by atoms with Gasteiger partial charge in [-0.2, -0.15) is 0 Å². The first-order valence-electron chi connectivity index (χ1n) is 11.8. The Morgan fingerprint density at radius 3 is 2.56 bits per heavy atom. The van der Waals surface area contributed by atoms with Gasteiger partial charge in [0.25, 0.3) is 0 Å². The maximum atomic E-state index is 6.37. The SMILES string of the molecule is Cc1c([C@H]2[C@H](c3ccccn3)NC(=S)N2c2ccc3c(c2)OCO3)c(C)n(-c2cccc(Cl)c2)c1C. The van der Waals surface area contributed by atoms with Crippen LogP contribution in [0.5, 0.6) is 11.5 Å². The number of anilines is 1. The van der Waals surface area contributed by atoms with Crippen molar-refractivity contribution in [1.82, 2.24) is 14.9 Å². The number of hydrogen-bond acceptors (Lipinski definition) is 4. The van der Waals surface area contributed by atoms with Crippen molar-refractivity contribution in [2.24, 2.45) is 0 Å². The molecule has 0 amide bonds. The molecule has 4 aromatic rings. The van der Waals surface area contributed by atoms with Crippen molar-refractivity contribution < 1.29 is 9.47 Å². The molecular weight excluding hydrogens is 492 g/mol. The molecule has 2 aliphatic heterocycles. The lowest BCUT2D eigenvalue weighted by Gasteiger charge is -2.29. The van der Waals surface area contributed by atoms with E-state index in [0.29, 0.717) is 10.1 Å². The molecule has 0 saturated carbocycles. The average Bonchev–Trinajstić information content (AvgIpc) is 3.54. The van der Waals surface area contributed by atoms with Crippen molar-refractivity contribution in [3.63, 3.8) is 0 Å². The van der Waals surface area contributed by atoms with E-state index >= 15 is 0 Å². The summed E-state index contributed by atoms with van der Waals surface area (Å²) in [5.41, 5.74) is 7.60. The van der Waals surface area contributed by atoms with Crippen LogP contribution in [-0.4, -0.2) is 21.5 Å². The smallest absolute Gasteiger partial charge is 0.231 e. The second-order valence-electron chi connectivity index (χ2n) is 9.06. The van der Waals surface area contributed by atoms with Gasteiger partial charge in [-0.3, -0.25) is 4.98 Å². The molecule has 0 bridgehead atoms. The van der Waals surface area contributed by atoms with Crippen LogP contribution in [0.15, 0.2) is 66.9 Å². The second kappa shape index (κ2) is 8.84. The molecular formula is C28H25ClN4O2S. The van der Waals surface area contributed by atoms with E-state index in [9.17, 15) is 0 Å². The van der Waals surface area contributed by atoms with E-state index in [-0.39, 0.29) is 18.9 Å². The molecule has 1 fully saturated rings. The van der Waals surface area contributed by atoms with E-state index in [1.807, 2.05) is 60.8 Å². The molecule has 6 nitrogen and oxygen atoms in total. The Hall–Kier alpha value is -3.55. The first-order chi connectivity index (χ1) is 17.4. The van der Waals surface area contributed by atoms with Crippen molar-refractivity contribution >= 4 is 34.6 Å². The van der Waals surface area contributed by atoms with Crippen LogP contribution in [0.25, 0.3) is 5.69 Å². The normalized spacial score (nSPS) is 18.6. The van der Waals surface area contributed by atoms with Gasteiger partial charge in [0.15, 0.2) is 16.6 Å². The number of hydrogen-bond donors (Lipinski definition) is 1. The molecule has 2 aromatic carbocycles. The first-order valence-corrected chi connectivity index (χ1v) is 12.6. The van der Waals surface area contributed by atoms with Crippen LogP contribution in [-0.2, 0) is 0 Å². The molecule has 2 aliphatic rings. The van der Waals surface area contributed by atoms with Gasteiger partial charge in [-0.15, -0.1) is 0 Å². The minimum Gasteiger partial charge on any atom is -0.454 e. The van der Waals surface area contributed by atoms with Gasteiger partial charge in [0.1, 0.15) is 0 Å². The Kier molecular flexibility index (Phi) is 5.62. The lowest BCUT2D eigenvalue weighted by atomic mass is 9.93. The summed E-state index contributed by atoms with van der Waals surface area (Å²) < 4.78 is 13.5. The number of rotatable bonds is 4. The maximum Gasteiger partial charge on any atom is 0.231 e. The van der Waals surface area contributed by atoms with Gasteiger partial charge in [-0.05, 0) is 81.0 Å². The number of halogens is 1. The minimum absolute atomic E-state index is 0.132. The largest absolute Gasteiger partial charge is 0.454 e. The summed E-state index contributed by atoms with van der Waals surface area (Å²) in [6, 6.07) is 19.6. The Morgan fingerprint density at radius 2 is 1.78 bits per heavy atom. The second-order valence-corrected chi connectivity index (χ2v) is 9.88. The zero-order valence-electron chi connectivity index (χ0n) is 20.2. The van der Waals surface area contributed by atoms with Crippen LogP contribution in [0.4, 0.5) is 5.69 Å². The summed E-state index contributed by atoms with van der Waals surface area (Å²) >= 11 is 12.3. The summed E-state index contributed by atoms with van der Waals surface area (Å²) in [6.07, 6.45) is 1.82. The van der Waals surface area contributed by atoms with E-state index in [4.69, 9.17) is 38.3 Å². The maximum absolute atomic E-state index is 6.37. The predicted molar refractivity (Wildman–Crippen MR) is 145 cm³/mol. The van der Waals surface area contributed by atoms with E-state index in [1.54, 1.807) is 0 Å². The van der Waals surface area contributed by atoms with Crippen LogP contribution in [0.2, 0.25) is 5.02 Å². The number of pyridine rings is 1. The van der Waals surface area contributed by atoms with E-state index < -0.39 is 0 Å². The van der Waals surface area contributed by atoms with E-state index in [2.05, 4.69) is 41.6 Å². The molecule has 36 heavy (non-hydrogen) atoms. The molecule has 0 spiro atoms. The van der Waals surface area contributed by atoms with Crippen molar-refractivity contribution in [2.75, 3.05) is 11.7 Å². The van der Waals surface area contributed by atoms with E-state index in [1.165, 1.54) is 11.1 Å². The van der Waals surface area contributed by atoms with Crippen molar-refractivity contribution in [1.29, 1.82) is 0 Å². The monoisotopic (exact) mass is 516 g/mol. The Labute approximate surface area is 220 Å². The zero-order valence-corrected chi connectivity index (χ0v) is 21.7. The molecule has 8 heteroatoms. The van der Waals surface area contributed by atoms with Crippen LogP contribution in [0, 0.1) is 20.8 Å². The van der Waals surface area contributed by atoms with Crippen LogP contribution >= 0.6 is 23.8 Å². The standard InChI is InChI=1S/C28H25ClN4O2S/c1-16-17(2)32(20-8-6-7-19(29)13-20)18(3)25(16)27-26(22-9-4-5-12-30-22)31-28(36)33(27)21-10-11-23-24(14-21)35-15-34-23/h4-14,26-27H,15H2,1-3H3,(H,31,36)/t26-,27-/m0/s1. The highest BCUT2D eigenvalue weighted by molar-refractivity contribution is 7.80. The van der Waals surface area contributed by atoms with Gasteiger partial charge in [-0.1, -0.05) is 23.7 Å². The zero-order chi connectivity index (χ0) is 25.0. The number of ether oxygens (including phenoxy) is 2. The quantitative estimate of drug-likeness (QED) is 0.319. The molecule has 0 unspecified atom stereocenters. The Morgan fingerprint density at radius 1 is 0.944 bits per heavy atom. The molecule has 1 N–H and O–H groups in total. The number of fused-ring (bicyclic) bond motifs is 1. The summed E-state index contributed by atoms with van der Waals surface area (Å²) in [6.45, 7) is 6.70. The van der Waals surface area contributed by atoms with Crippen LogP contribution < -0.4 is 19.7 Å². The van der Waals surface area contributed by atoms with Gasteiger partial charge in [-0.25, -0.2) is 0 Å². The van der Waals surface area contributed by atoms with Gasteiger partial charge < -0.3 is 24.3 Å². The number of nitrogens with zero attached hydrogens (tertiary/aromatic N) is 3. The van der Waals surface area contributed by atoms with Crippen molar-refractivity contribution in [3.8, 4) is 17.2 Å². The topological polar surface area (TPSA) is 51.6 Å². The third kappa shape index (κ3) is 3.62. The fourth-order valence-electron chi connectivity index (χ4n) is 5.41. The average molecular weight is 517 g/mol. The fraction of sp³-hybridized carbons (Fsp3) is 0.214. The first kappa shape index (κ1) is 22.9. The summed E-state index contributed by atoms with van der Waals surface area (Å²) in [5, 5.41) is 4.90. The van der Waals surface area contributed by atoms with Gasteiger partial charge in [0, 0.05) is 45.6 Å². The highest BCUT2D eigenvalue weighted by Crippen LogP contribution is 2.47.